The molecule has 0 heterocycles. The number of allylic oxidation sites excluding steroid dienone is 1. The molecule has 22 heavy (non-hydrogen) atoms. The van der Waals surface area contributed by atoms with E-state index in [0.717, 1.165) is 16.7 Å². The second-order valence-electron chi connectivity index (χ2n) is 6.50. The molecule has 2 aromatic rings. The second-order valence-corrected chi connectivity index (χ2v) is 6.50. The van der Waals surface area contributed by atoms with Gasteiger partial charge in [-0.3, -0.25) is 0 Å². The molecular formula is C20H22O2. The third-order valence-electron chi connectivity index (χ3n) is 3.66. The normalized spacial score (nSPS) is 12.2. The minimum absolute atomic E-state index is 0.0919. The summed E-state index contributed by atoms with van der Waals surface area (Å²) in [5.41, 5.74) is 4.22. The molecular weight excluding hydrogens is 272 g/mol. The number of aliphatic carboxylic acids is 1. The Labute approximate surface area is 132 Å². The molecule has 0 saturated carbocycles. The fourth-order valence-electron chi connectivity index (χ4n) is 2.39. The van der Waals surface area contributed by atoms with Crippen molar-refractivity contribution in [2.24, 2.45) is 0 Å². The van der Waals surface area contributed by atoms with Crippen LogP contribution in [0.5, 0.6) is 0 Å². The van der Waals surface area contributed by atoms with Gasteiger partial charge >= 0.3 is 5.97 Å². The van der Waals surface area contributed by atoms with Crippen LogP contribution in [-0.2, 0) is 16.6 Å². The largest absolute Gasteiger partial charge is 0.478 e. The first kappa shape index (κ1) is 16.0. The molecule has 2 heteroatoms. The van der Waals surface area contributed by atoms with Gasteiger partial charge in [0.25, 0.3) is 0 Å². The maximum Gasteiger partial charge on any atom is 0.328 e. The van der Waals surface area contributed by atoms with Crippen LogP contribution in [0.15, 0.2) is 60.7 Å². The van der Waals surface area contributed by atoms with Crippen molar-refractivity contribution in [1.29, 1.82) is 0 Å². The van der Waals surface area contributed by atoms with Crippen LogP contribution in [0, 0.1) is 0 Å². The maximum absolute atomic E-state index is 11.1. The SMILES string of the molecule is CC(C)(C)c1ccc(/C(=C/C(=O)O)Cc2ccccc2)cc1. The topological polar surface area (TPSA) is 37.3 Å². The minimum atomic E-state index is -0.911. The summed E-state index contributed by atoms with van der Waals surface area (Å²) in [5, 5.41) is 9.13. The van der Waals surface area contributed by atoms with Crippen LogP contribution in [0.4, 0.5) is 0 Å². The van der Waals surface area contributed by atoms with E-state index < -0.39 is 5.97 Å². The maximum atomic E-state index is 11.1. The van der Waals surface area contributed by atoms with Gasteiger partial charge in [0.05, 0.1) is 0 Å². The van der Waals surface area contributed by atoms with Crippen LogP contribution in [-0.4, -0.2) is 11.1 Å². The Morgan fingerprint density at radius 1 is 1.00 bits per heavy atom. The van der Waals surface area contributed by atoms with Crippen molar-refractivity contribution < 1.29 is 9.90 Å². The van der Waals surface area contributed by atoms with Crippen molar-refractivity contribution in [3.05, 3.63) is 77.4 Å². The first-order valence-electron chi connectivity index (χ1n) is 7.44. The van der Waals surface area contributed by atoms with Crippen molar-refractivity contribution in [2.45, 2.75) is 32.6 Å². The molecule has 0 spiro atoms. The highest BCUT2D eigenvalue weighted by molar-refractivity contribution is 5.90. The van der Waals surface area contributed by atoms with Gasteiger partial charge in [-0.25, -0.2) is 4.79 Å². The number of rotatable bonds is 4. The first-order valence-corrected chi connectivity index (χ1v) is 7.44. The first-order chi connectivity index (χ1) is 10.4. The fourth-order valence-corrected chi connectivity index (χ4v) is 2.39. The van der Waals surface area contributed by atoms with Crippen LogP contribution in [0.25, 0.3) is 5.57 Å². The molecule has 0 saturated heterocycles. The Hall–Kier alpha value is -2.35. The zero-order chi connectivity index (χ0) is 16.2. The predicted octanol–water partition coefficient (Wildman–Crippen LogP) is 4.69. The monoisotopic (exact) mass is 294 g/mol. The van der Waals surface area contributed by atoms with E-state index in [2.05, 4.69) is 32.9 Å². The average molecular weight is 294 g/mol. The predicted molar refractivity (Wildman–Crippen MR) is 90.9 cm³/mol. The Bertz CT molecular complexity index is 659. The van der Waals surface area contributed by atoms with Crippen molar-refractivity contribution >= 4 is 11.5 Å². The van der Waals surface area contributed by atoms with Gasteiger partial charge in [-0.15, -0.1) is 0 Å². The van der Waals surface area contributed by atoms with Crippen LogP contribution < -0.4 is 0 Å². The van der Waals surface area contributed by atoms with Gasteiger partial charge in [0.15, 0.2) is 0 Å². The highest BCUT2D eigenvalue weighted by Gasteiger charge is 2.14. The molecule has 0 unspecified atom stereocenters. The van der Waals surface area contributed by atoms with Gasteiger partial charge in [0, 0.05) is 6.08 Å². The fraction of sp³-hybridized carbons (Fsp3) is 0.250. The molecule has 1 N–H and O–H groups in total. The van der Waals surface area contributed by atoms with Gasteiger partial charge in [0.2, 0.25) is 0 Å². The molecule has 114 valence electrons. The van der Waals surface area contributed by atoms with E-state index in [1.807, 2.05) is 42.5 Å². The molecule has 0 aliphatic carbocycles. The van der Waals surface area contributed by atoms with Gasteiger partial charge in [-0.1, -0.05) is 75.4 Å². The van der Waals surface area contributed by atoms with E-state index in [0.29, 0.717) is 6.42 Å². The lowest BCUT2D eigenvalue weighted by Crippen LogP contribution is -2.10. The molecule has 0 fully saturated rings. The lowest BCUT2D eigenvalue weighted by molar-refractivity contribution is -0.131. The molecule has 2 aromatic carbocycles. The number of hydrogen-bond donors (Lipinski definition) is 1. The molecule has 0 aliphatic rings. The summed E-state index contributed by atoms with van der Waals surface area (Å²) in [6, 6.07) is 18.1. The van der Waals surface area contributed by atoms with Gasteiger partial charge in [-0.05, 0) is 34.1 Å². The van der Waals surface area contributed by atoms with Gasteiger partial charge < -0.3 is 5.11 Å². The van der Waals surface area contributed by atoms with Crippen LogP contribution in [0.3, 0.4) is 0 Å². The van der Waals surface area contributed by atoms with Crippen LogP contribution in [0.2, 0.25) is 0 Å². The van der Waals surface area contributed by atoms with Crippen LogP contribution >= 0.6 is 0 Å². The average Bonchev–Trinajstić information content (AvgIpc) is 2.46. The highest BCUT2D eigenvalue weighted by Crippen LogP contribution is 2.25. The molecule has 0 atom stereocenters. The number of carboxylic acid groups (broad SMARTS) is 1. The standard InChI is InChI=1S/C20H22O2/c1-20(2,3)18-11-9-16(10-12-18)17(14-19(21)22)13-15-7-5-4-6-8-15/h4-12,14H,13H2,1-3H3,(H,21,22)/b17-14+. The van der Waals surface area contributed by atoms with Crippen molar-refractivity contribution in [1.82, 2.24) is 0 Å². The van der Waals surface area contributed by atoms with Crippen molar-refractivity contribution in [3.8, 4) is 0 Å². The Balaban J connectivity index is 2.32. The Morgan fingerprint density at radius 3 is 2.09 bits per heavy atom. The summed E-state index contributed by atoms with van der Waals surface area (Å²) >= 11 is 0. The Kier molecular flexibility index (Phi) is 4.81. The summed E-state index contributed by atoms with van der Waals surface area (Å²) in [5.74, 6) is -0.911. The molecule has 0 bridgehead atoms. The van der Waals surface area contributed by atoms with Crippen molar-refractivity contribution in [2.75, 3.05) is 0 Å². The number of hydrogen-bond acceptors (Lipinski definition) is 1. The summed E-state index contributed by atoms with van der Waals surface area (Å²) in [6.07, 6.45) is 1.92. The third kappa shape index (κ3) is 4.32. The smallest absolute Gasteiger partial charge is 0.328 e. The summed E-state index contributed by atoms with van der Waals surface area (Å²) in [7, 11) is 0. The Morgan fingerprint density at radius 2 is 1.59 bits per heavy atom. The lowest BCUT2D eigenvalue weighted by Gasteiger charge is -2.19. The number of carboxylic acids is 1. The quantitative estimate of drug-likeness (QED) is 0.830. The minimum Gasteiger partial charge on any atom is -0.478 e. The van der Waals surface area contributed by atoms with E-state index in [1.54, 1.807) is 0 Å². The zero-order valence-corrected chi connectivity index (χ0v) is 13.3. The molecule has 2 nitrogen and oxygen atoms in total. The van der Waals surface area contributed by atoms with Gasteiger partial charge in [-0.2, -0.15) is 0 Å². The van der Waals surface area contributed by atoms with E-state index >= 15 is 0 Å². The molecule has 0 aliphatic heterocycles. The van der Waals surface area contributed by atoms with E-state index in [1.165, 1.54) is 11.6 Å². The summed E-state index contributed by atoms with van der Waals surface area (Å²) in [4.78, 5) is 11.1. The second kappa shape index (κ2) is 6.61. The molecule has 0 aromatic heterocycles. The number of benzene rings is 2. The molecule has 2 rings (SSSR count). The van der Waals surface area contributed by atoms with Crippen LogP contribution in [0.1, 0.15) is 37.5 Å². The summed E-state index contributed by atoms with van der Waals surface area (Å²) < 4.78 is 0. The summed E-state index contributed by atoms with van der Waals surface area (Å²) in [6.45, 7) is 6.50. The van der Waals surface area contributed by atoms with Crippen molar-refractivity contribution in [3.63, 3.8) is 0 Å². The van der Waals surface area contributed by atoms with E-state index in [-0.39, 0.29) is 5.41 Å². The van der Waals surface area contributed by atoms with E-state index in [9.17, 15) is 4.79 Å². The third-order valence-corrected chi connectivity index (χ3v) is 3.66. The highest BCUT2D eigenvalue weighted by atomic mass is 16.4. The van der Waals surface area contributed by atoms with Gasteiger partial charge in [0.1, 0.15) is 0 Å². The lowest BCUT2D eigenvalue weighted by atomic mass is 9.86. The molecule has 0 radical (unpaired) electrons. The number of carbonyl (C=O) groups is 1. The molecule has 0 amide bonds. The van der Waals surface area contributed by atoms with E-state index in [4.69, 9.17) is 5.11 Å². The zero-order valence-electron chi connectivity index (χ0n) is 13.3.